The predicted octanol–water partition coefficient (Wildman–Crippen LogP) is -4.61. The summed E-state index contributed by atoms with van der Waals surface area (Å²) in [6.07, 6.45) is -13.5. The lowest BCUT2D eigenvalue weighted by Gasteiger charge is -2.48. The maximum absolute atomic E-state index is 11.7. The summed E-state index contributed by atoms with van der Waals surface area (Å²) in [5, 5.41) is 64.4. The molecule has 0 unspecified atom stereocenters. The number of ether oxygens (including phenoxy) is 4. The highest BCUT2D eigenvalue weighted by atomic mass is 16.7. The summed E-state index contributed by atoms with van der Waals surface area (Å²) in [6.45, 7) is 2.00. The Morgan fingerprint density at radius 2 is 1.44 bits per heavy atom. The molecule has 0 saturated carbocycles. The van der Waals surface area contributed by atoms with E-state index in [0.717, 1.165) is 13.8 Å². The molecule has 0 bridgehead atoms. The van der Waals surface area contributed by atoms with Crippen LogP contribution in [0.5, 0.6) is 0 Å². The molecule has 2 saturated heterocycles. The topological polar surface area (TPSA) is 234 Å². The molecule has 2 heterocycles. The molecule has 2 aliphatic rings. The van der Waals surface area contributed by atoms with Gasteiger partial charge in [0.25, 0.3) is 0 Å². The maximum atomic E-state index is 11.7. The molecule has 2 aliphatic heterocycles. The first kappa shape index (κ1) is 28.3. The van der Waals surface area contributed by atoms with Crippen molar-refractivity contribution in [3.63, 3.8) is 0 Å². The van der Waals surface area contributed by atoms with Crippen molar-refractivity contribution in [1.82, 2.24) is 10.6 Å². The lowest BCUT2D eigenvalue weighted by molar-refractivity contribution is -0.333. The Balaban J connectivity index is 2.44. The molecule has 11 atom stereocenters. The molecule has 196 valence electrons. The molecule has 2 fully saturated rings. The molecule has 15 nitrogen and oxygen atoms in total. The Kier molecular flexibility index (Phi) is 10.1. The van der Waals surface area contributed by atoms with Crippen LogP contribution in [0.3, 0.4) is 0 Å². The van der Waals surface area contributed by atoms with Gasteiger partial charge in [-0.05, 0) is 6.92 Å². The van der Waals surface area contributed by atoms with E-state index < -0.39 is 98.4 Å². The minimum Gasteiger partial charge on any atom is -0.479 e. The Morgan fingerprint density at radius 1 is 0.882 bits per heavy atom. The molecular weight excluding hydrogens is 464 g/mol. The molecule has 0 radical (unpaired) electrons. The first-order chi connectivity index (χ1) is 15.9. The highest BCUT2D eigenvalue weighted by Gasteiger charge is 2.52. The third-order valence-electron chi connectivity index (χ3n) is 5.47. The average molecular weight is 496 g/mol. The van der Waals surface area contributed by atoms with Crippen LogP contribution < -0.4 is 10.6 Å². The van der Waals surface area contributed by atoms with Gasteiger partial charge in [-0.25, -0.2) is 4.79 Å². The van der Waals surface area contributed by atoms with Crippen molar-refractivity contribution in [3.05, 3.63) is 0 Å². The number of carboxylic acid groups (broad SMARTS) is 1. The van der Waals surface area contributed by atoms with Crippen LogP contribution in [0.25, 0.3) is 0 Å². The average Bonchev–Trinajstić information content (AvgIpc) is 2.76. The number of nitrogens with one attached hydrogen (secondary N) is 2. The smallest absolute Gasteiger partial charge is 0.332 e. The number of hydrogen-bond acceptors (Lipinski definition) is 12. The molecule has 0 aromatic rings. The first-order valence-electron chi connectivity index (χ1n) is 10.6. The Morgan fingerprint density at radius 3 is 1.94 bits per heavy atom. The molecule has 15 heteroatoms. The highest BCUT2D eigenvalue weighted by molar-refractivity contribution is 5.74. The van der Waals surface area contributed by atoms with Gasteiger partial charge in [0.05, 0.1) is 13.2 Å². The fourth-order valence-electron chi connectivity index (χ4n) is 3.82. The number of carboxylic acids is 1. The molecule has 2 rings (SSSR count). The molecule has 0 aliphatic carbocycles. The van der Waals surface area contributed by atoms with Crippen molar-refractivity contribution in [2.45, 2.75) is 88.2 Å². The minimum atomic E-state index is -1.72. The van der Waals surface area contributed by atoms with E-state index in [9.17, 15) is 45.0 Å². The number of rotatable bonds is 9. The van der Waals surface area contributed by atoms with Gasteiger partial charge in [0.15, 0.2) is 18.7 Å². The van der Waals surface area contributed by atoms with E-state index in [0.29, 0.717) is 0 Å². The van der Waals surface area contributed by atoms with E-state index in [1.54, 1.807) is 0 Å². The van der Waals surface area contributed by atoms with E-state index in [-0.39, 0.29) is 0 Å². The second kappa shape index (κ2) is 12.1. The van der Waals surface area contributed by atoms with Gasteiger partial charge in [-0.15, -0.1) is 0 Å². The summed E-state index contributed by atoms with van der Waals surface area (Å²) >= 11 is 0. The summed E-state index contributed by atoms with van der Waals surface area (Å²) in [5.74, 6) is -2.60. The first-order valence-corrected chi connectivity index (χ1v) is 10.6. The van der Waals surface area contributed by atoms with Gasteiger partial charge < -0.3 is 60.2 Å². The minimum absolute atomic E-state index is 0.616. The van der Waals surface area contributed by atoms with E-state index in [1.807, 2.05) is 0 Å². The third-order valence-corrected chi connectivity index (χ3v) is 5.47. The normalized spacial score (nSPS) is 39.2. The lowest BCUT2D eigenvalue weighted by atomic mass is 9.94. The number of hydrogen-bond donors (Lipinski definition) is 8. The van der Waals surface area contributed by atoms with Crippen molar-refractivity contribution < 1.29 is 64.0 Å². The molecule has 0 aromatic carbocycles. The number of aliphatic hydroxyl groups excluding tert-OH is 5. The van der Waals surface area contributed by atoms with Gasteiger partial charge in [-0.3, -0.25) is 9.59 Å². The lowest BCUT2D eigenvalue weighted by Crippen LogP contribution is -2.69. The second-order valence-electron chi connectivity index (χ2n) is 8.09. The number of aliphatic carboxylic acids is 1. The second-order valence-corrected chi connectivity index (χ2v) is 8.09. The third kappa shape index (κ3) is 6.59. The SMILES string of the molecule is CC(=O)N[C@@H]1[C@@H](O[C@@H]2[C@@H](O[C@H](C)C(=O)O)[C@H](NC(C)=O)[C@@H](O)O[C@H]2CO)O[C@@H](CO)[C@H](O)[C@H]1O. The van der Waals surface area contributed by atoms with Gasteiger partial charge in [-0.1, -0.05) is 0 Å². The quantitative estimate of drug-likeness (QED) is 0.150. The summed E-state index contributed by atoms with van der Waals surface area (Å²) in [7, 11) is 0. The largest absolute Gasteiger partial charge is 0.479 e. The molecule has 0 spiro atoms. The van der Waals surface area contributed by atoms with E-state index >= 15 is 0 Å². The molecule has 34 heavy (non-hydrogen) atoms. The van der Waals surface area contributed by atoms with Crippen LogP contribution in [-0.4, -0.2) is 129 Å². The predicted molar refractivity (Wildman–Crippen MR) is 108 cm³/mol. The van der Waals surface area contributed by atoms with Crippen LogP contribution in [0.2, 0.25) is 0 Å². The molecule has 2 amide bonds. The summed E-state index contributed by atoms with van der Waals surface area (Å²) in [6, 6.07) is -2.71. The summed E-state index contributed by atoms with van der Waals surface area (Å²) in [4.78, 5) is 34.8. The van der Waals surface area contributed by atoms with Crippen LogP contribution >= 0.6 is 0 Å². The van der Waals surface area contributed by atoms with Crippen LogP contribution in [0, 0.1) is 0 Å². The zero-order valence-corrected chi connectivity index (χ0v) is 18.8. The number of carbonyl (C=O) groups excluding carboxylic acids is 2. The van der Waals surface area contributed by atoms with Crippen LogP contribution in [0.4, 0.5) is 0 Å². The van der Waals surface area contributed by atoms with E-state index in [1.165, 1.54) is 6.92 Å². The molecular formula is C19H32N2O13. The summed E-state index contributed by atoms with van der Waals surface area (Å²) < 4.78 is 22.3. The summed E-state index contributed by atoms with van der Waals surface area (Å²) in [5.41, 5.74) is 0. The standard InChI is InChI=1S/C19H32N2O13/c1-6(17(28)29)31-16-12(21-8(3)25)18(30)32-10(5-23)15(16)34-19-11(20-7(2)24)14(27)13(26)9(4-22)33-19/h6,9-16,18-19,22-23,26-27,30H,4-5H2,1-3H3,(H,20,24)(H,21,25)(H,28,29)/t6-,9+,10+,11+,12+,13+,14+,15+,16+,18+,19-/m1/s1. The van der Waals surface area contributed by atoms with Gasteiger partial charge in [0.1, 0.15) is 48.7 Å². The number of aliphatic hydroxyl groups is 5. The van der Waals surface area contributed by atoms with Crippen molar-refractivity contribution in [2.24, 2.45) is 0 Å². The Bertz CT molecular complexity index is 724. The monoisotopic (exact) mass is 496 g/mol. The van der Waals surface area contributed by atoms with Gasteiger partial charge in [-0.2, -0.15) is 0 Å². The maximum Gasteiger partial charge on any atom is 0.332 e. The fourth-order valence-corrected chi connectivity index (χ4v) is 3.82. The van der Waals surface area contributed by atoms with Crippen LogP contribution in [0.1, 0.15) is 20.8 Å². The van der Waals surface area contributed by atoms with Gasteiger partial charge >= 0.3 is 5.97 Å². The van der Waals surface area contributed by atoms with E-state index in [4.69, 9.17) is 18.9 Å². The van der Waals surface area contributed by atoms with Crippen LogP contribution in [-0.2, 0) is 33.3 Å². The number of amides is 2. The molecule has 8 N–H and O–H groups in total. The van der Waals surface area contributed by atoms with Crippen molar-refractivity contribution in [2.75, 3.05) is 13.2 Å². The van der Waals surface area contributed by atoms with Gasteiger partial charge in [0, 0.05) is 13.8 Å². The Hall–Kier alpha value is -1.95. The highest BCUT2D eigenvalue weighted by Crippen LogP contribution is 2.30. The van der Waals surface area contributed by atoms with Gasteiger partial charge in [0.2, 0.25) is 11.8 Å². The van der Waals surface area contributed by atoms with Crippen LogP contribution in [0.15, 0.2) is 0 Å². The number of carbonyl (C=O) groups is 3. The Labute approximate surface area is 194 Å². The fraction of sp³-hybridized carbons (Fsp3) is 0.842. The zero-order chi connectivity index (χ0) is 25.7. The zero-order valence-electron chi connectivity index (χ0n) is 18.8. The van der Waals surface area contributed by atoms with Crippen molar-refractivity contribution >= 4 is 17.8 Å². The molecule has 0 aromatic heterocycles. The van der Waals surface area contributed by atoms with Crippen molar-refractivity contribution in [1.29, 1.82) is 0 Å². The van der Waals surface area contributed by atoms with E-state index in [2.05, 4.69) is 10.6 Å². The van der Waals surface area contributed by atoms with Crippen molar-refractivity contribution in [3.8, 4) is 0 Å².